The van der Waals surface area contributed by atoms with Gasteiger partial charge < -0.3 is 4.90 Å². The Balaban J connectivity index is 2.21. The van der Waals surface area contributed by atoms with Gasteiger partial charge >= 0.3 is 0 Å². The number of alkyl halides is 1. The highest BCUT2D eigenvalue weighted by molar-refractivity contribution is 5.14. The van der Waals surface area contributed by atoms with E-state index in [4.69, 9.17) is 0 Å². The number of nitrogens with zero attached hydrogens (tertiary/aromatic N) is 1. The first kappa shape index (κ1) is 12.2. The summed E-state index contributed by atoms with van der Waals surface area (Å²) in [5.74, 6) is 0. The Morgan fingerprint density at radius 3 is 2.53 bits per heavy atom. The Bertz CT molecular complexity index is 258. The zero-order valence-corrected chi connectivity index (χ0v) is 9.62. The first-order chi connectivity index (χ1) is 7.18. The lowest BCUT2D eigenvalue weighted by atomic mass is 10.2. The average Bonchev–Trinajstić information content (AvgIpc) is 2.18. The van der Waals surface area contributed by atoms with Crippen molar-refractivity contribution < 1.29 is 4.39 Å². The highest BCUT2D eigenvalue weighted by Crippen LogP contribution is 2.05. The molecular formula is C13H20FN. The lowest BCUT2D eigenvalue weighted by Crippen LogP contribution is -2.19. The largest absolute Gasteiger partial charge is 0.302 e. The summed E-state index contributed by atoms with van der Waals surface area (Å²) < 4.78 is 12.6. The van der Waals surface area contributed by atoms with Crippen LogP contribution in [0.25, 0.3) is 0 Å². The summed E-state index contributed by atoms with van der Waals surface area (Å²) in [7, 11) is 2.08. The average molecular weight is 209 g/mol. The van der Waals surface area contributed by atoms with Gasteiger partial charge in [-0.05, 0) is 38.9 Å². The summed E-state index contributed by atoms with van der Waals surface area (Å²) in [5, 5.41) is 0. The third kappa shape index (κ3) is 5.53. The van der Waals surface area contributed by atoms with Gasteiger partial charge in [-0.1, -0.05) is 30.3 Å². The fourth-order valence-electron chi connectivity index (χ4n) is 1.62. The first-order valence-electron chi connectivity index (χ1n) is 5.55. The van der Waals surface area contributed by atoms with E-state index >= 15 is 0 Å². The van der Waals surface area contributed by atoms with E-state index < -0.39 is 6.17 Å². The van der Waals surface area contributed by atoms with E-state index in [0.29, 0.717) is 6.42 Å². The van der Waals surface area contributed by atoms with E-state index in [1.165, 1.54) is 5.56 Å². The van der Waals surface area contributed by atoms with Crippen molar-refractivity contribution in [1.82, 2.24) is 4.90 Å². The van der Waals surface area contributed by atoms with Crippen molar-refractivity contribution in [3.8, 4) is 0 Å². The van der Waals surface area contributed by atoms with E-state index in [2.05, 4.69) is 24.1 Å². The Morgan fingerprint density at radius 1 is 1.27 bits per heavy atom. The van der Waals surface area contributed by atoms with Crippen molar-refractivity contribution in [2.24, 2.45) is 0 Å². The highest BCUT2D eigenvalue weighted by atomic mass is 19.1. The zero-order valence-electron chi connectivity index (χ0n) is 9.62. The number of halogens is 1. The molecule has 0 bridgehead atoms. The molecule has 0 aliphatic heterocycles. The molecule has 0 radical (unpaired) electrons. The minimum absolute atomic E-state index is 0.666. The number of hydrogen-bond acceptors (Lipinski definition) is 1. The molecule has 84 valence electrons. The van der Waals surface area contributed by atoms with Gasteiger partial charge in [0.1, 0.15) is 0 Å². The summed E-state index contributed by atoms with van der Waals surface area (Å²) in [6, 6.07) is 10.4. The minimum Gasteiger partial charge on any atom is -0.302 e. The van der Waals surface area contributed by atoms with E-state index in [-0.39, 0.29) is 0 Å². The summed E-state index contributed by atoms with van der Waals surface area (Å²) >= 11 is 0. The smallest absolute Gasteiger partial charge is 0.0974 e. The molecular weight excluding hydrogens is 189 g/mol. The van der Waals surface area contributed by atoms with Gasteiger partial charge in [0.15, 0.2) is 0 Å². The Kier molecular flexibility index (Phi) is 5.33. The van der Waals surface area contributed by atoms with E-state index in [1.807, 2.05) is 18.2 Å². The van der Waals surface area contributed by atoms with Crippen LogP contribution in [0.15, 0.2) is 30.3 Å². The number of rotatable bonds is 6. The quantitative estimate of drug-likeness (QED) is 0.695. The molecule has 0 saturated carbocycles. The molecule has 0 aromatic heterocycles. The van der Waals surface area contributed by atoms with Gasteiger partial charge in [0, 0.05) is 6.54 Å². The molecule has 1 aromatic carbocycles. The minimum atomic E-state index is -0.671. The first-order valence-corrected chi connectivity index (χ1v) is 5.55. The van der Waals surface area contributed by atoms with Crippen LogP contribution < -0.4 is 0 Å². The van der Waals surface area contributed by atoms with Gasteiger partial charge in [-0.25, -0.2) is 4.39 Å². The lowest BCUT2D eigenvalue weighted by Gasteiger charge is -2.16. The van der Waals surface area contributed by atoms with Crippen LogP contribution in [0.2, 0.25) is 0 Å². The van der Waals surface area contributed by atoms with Gasteiger partial charge in [0.2, 0.25) is 0 Å². The van der Waals surface area contributed by atoms with Crippen LogP contribution in [0.4, 0.5) is 4.39 Å². The van der Waals surface area contributed by atoms with Crippen molar-refractivity contribution in [3.63, 3.8) is 0 Å². The summed E-state index contributed by atoms with van der Waals surface area (Å²) in [6.45, 7) is 3.53. The van der Waals surface area contributed by atoms with E-state index in [0.717, 1.165) is 19.5 Å². The van der Waals surface area contributed by atoms with E-state index in [9.17, 15) is 4.39 Å². The van der Waals surface area contributed by atoms with Crippen molar-refractivity contribution in [1.29, 1.82) is 0 Å². The Morgan fingerprint density at radius 2 is 1.93 bits per heavy atom. The molecule has 0 spiro atoms. The summed E-state index contributed by atoms with van der Waals surface area (Å²) in [5.41, 5.74) is 1.31. The maximum Gasteiger partial charge on any atom is 0.0974 e. The highest BCUT2D eigenvalue weighted by Gasteiger charge is 2.02. The number of hydrogen-bond donors (Lipinski definition) is 0. The molecule has 1 unspecified atom stereocenters. The van der Waals surface area contributed by atoms with Crippen molar-refractivity contribution >= 4 is 0 Å². The van der Waals surface area contributed by atoms with Crippen LogP contribution >= 0.6 is 0 Å². The summed E-state index contributed by atoms with van der Waals surface area (Å²) in [6.07, 6.45) is 0.926. The zero-order chi connectivity index (χ0) is 11.1. The van der Waals surface area contributed by atoms with Crippen LogP contribution in [0, 0.1) is 0 Å². The van der Waals surface area contributed by atoms with Gasteiger partial charge in [-0.15, -0.1) is 0 Å². The molecule has 0 fully saturated rings. The van der Waals surface area contributed by atoms with Crippen LogP contribution in [-0.4, -0.2) is 24.7 Å². The van der Waals surface area contributed by atoms with Crippen LogP contribution in [0.5, 0.6) is 0 Å². The second kappa shape index (κ2) is 6.57. The molecule has 0 saturated heterocycles. The fraction of sp³-hybridized carbons (Fsp3) is 0.538. The van der Waals surface area contributed by atoms with Crippen molar-refractivity contribution in [2.75, 3.05) is 13.6 Å². The lowest BCUT2D eigenvalue weighted by molar-refractivity contribution is 0.281. The molecule has 0 heterocycles. The Hall–Kier alpha value is -0.890. The molecule has 1 nitrogen and oxygen atoms in total. The second-order valence-corrected chi connectivity index (χ2v) is 4.15. The molecule has 0 aliphatic rings. The third-order valence-corrected chi connectivity index (χ3v) is 2.44. The topological polar surface area (TPSA) is 3.24 Å². The van der Waals surface area contributed by atoms with E-state index in [1.54, 1.807) is 6.92 Å². The van der Waals surface area contributed by atoms with Crippen LogP contribution in [0.1, 0.15) is 25.3 Å². The maximum atomic E-state index is 12.6. The standard InChI is InChI=1S/C13H20FN/c1-12(14)7-6-10-15(2)11-13-8-4-3-5-9-13/h3-5,8-9,12H,6-7,10-11H2,1-2H3. The predicted molar refractivity (Wildman–Crippen MR) is 62.6 cm³/mol. The molecule has 0 N–H and O–H groups in total. The van der Waals surface area contributed by atoms with Gasteiger partial charge in [0.05, 0.1) is 6.17 Å². The molecule has 15 heavy (non-hydrogen) atoms. The van der Waals surface area contributed by atoms with Crippen LogP contribution in [-0.2, 0) is 6.54 Å². The SMILES string of the molecule is CC(F)CCCN(C)Cc1ccccc1. The normalized spacial score (nSPS) is 13.1. The number of benzene rings is 1. The molecule has 0 amide bonds. The third-order valence-electron chi connectivity index (χ3n) is 2.44. The maximum absolute atomic E-state index is 12.6. The van der Waals surface area contributed by atoms with Crippen molar-refractivity contribution in [3.05, 3.63) is 35.9 Å². The van der Waals surface area contributed by atoms with Crippen molar-refractivity contribution in [2.45, 2.75) is 32.5 Å². The van der Waals surface area contributed by atoms with Gasteiger partial charge in [-0.2, -0.15) is 0 Å². The molecule has 0 aliphatic carbocycles. The molecule has 1 atom stereocenters. The van der Waals surface area contributed by atoms with Crippen LogP contribution in [0.3, 0.4) is 0 Å². The van der Waals surface area contributed by atoms with Gasteiger partial charge in [0.25, 0.3) is 0 Å². The Labute approximate surface area is 91.9 Å². The fourth-order valence-corrected chi connectivity index (χ4v) is 1.62. The second-order valence-electron chi connectivity index (χ2n) is 4.15. The predicted octanol–water partition coefficient (Wildman–Crippen LogP) is 3.26. The monoisotopic (exact) mass is 209 g/mol. The summed E-state index contributed by atoms with van der Waals surface area (Å²) in [4.78, 5) is 2.23. The van der Waals surface area contributed by atoms with Gasteiger partial charge in [-0.3, -0.25) is 0 Å². The molecule has 2 heteroatoms. The molecule has 1 aromatic rings. The molecule has 1 rings (SSSR count).